The second-order valence-corrected chi connectivity index (χ2v) is 5.87. The number of ether oxygens (including phenoxy) is 1. The molecule has 1 amide bonds. The van der Waals surface area contributed by atoms with E-state index >= 15 is 0 Å². The minimum absolute atomic E-state index is 0.0352. The van der Waals surface area contributed by atoms with Gasteiger partial charge in [0.2, 0.25) is 11.0 Å². The van der Waals surface area contributed by atoms with Crippen LogP contribution in [0.3, 0.4) is 0 Å². The largest absolute Gasteiger partial charge is 0.504 e. The number of phenolic OH excluding ortho intramolecular Hbond substituents is 1. The summed E-state index contributed by atoms with van der Waals surface area (Å²) in [6, 6.07) is 4.80. The molecule has 0 aliphatic rings. The SMILES string of the molecule is COc1cc(/C=C/C(=O)c2sc(NNC(C)=O)nc2C)ccc1O. The van der Waals surface area contributed by atoms with Gasteiger partial charge in [-0.3, -0.25) is 20.4 Å². The van der Waals surface area contributed by atoms with Crippen LogP contribution in [-0.4, -0.2) is 28.9 Å². The zero-order chi connectivity index (χ0) is 17.7. The minimum atomic E-state index is -0.253. The number of rotatable bonds is 6. The van der Waals surface area contributed by atoms with Crippen molar-refractivity contribution in [2.75, 3.05) is 12.5 Å². The number of carbonyl (C=O) groups is 2. The van der Waals surface area contributed by atoms with Crippen molar-refractivity contribution >= 4 is 34.2 Å². The lowest BCUT2D eigenvalue weighted by Crippen LogP contribution is -2.26. The van der Waals surface area contributed by atoms with Crippen LogP contribution >= 0.6 is 11.3 Å². The topological polar surface area (TPSA) is 101 Å². The van der Waals surface area contributed by atoms with Gasteiger partial charge in [-0.15, -0.1) is 0 Å². The van der Waals surface area contributed by atoms with E-state index in [4.69, 9.17) is 4.74 Å². The van der Waals surface area contributed by atoms with E-state index in [-0.39, 0.29) is 17.4 Å². The summed E-state index contributed by atoms with van der Waals surface area (Å²) in [5.74, 6) is -0.0850. The van der Waals surface area contributed by atoms with E-state index in [1.807, 2.05) is 0 Å². The first-order valence-corrected chi connectivity index (χ1v) is 7.81. The Labute approximate surface area is 143 Å². The molecular formula is C16H17N3O4S. The molecule has 2 rings (SSSR count). The predicted octanol–water partition coefficient (Wildman–Crippen LogP) is 2.52. The Hall–Kier alpha value is -2.87. The fourth-order valence-corrected chi connectivity index (χ4v) is 2.71. The number of nitrogens with one attached hydrogen (secondary N) is 2. The Kier molecular flexibility index (Phi) is 5.54. The van der Waals surface area contributed by atoms with Crippen molar-refractivity contribution in [3.05, 3.63) is 40.4 Å². The van der Waals surface area contributed by atoms with Crippen LogP contribution in [0.4, 0.5) is 5.13 Å². The lowest BCUT2D eigenvalue weighted by atomic mass is 10.1. The molecule has 0 saturated heterocycles. The third kappa shape index (κ3) is 4.32. The number of aromatic hydroxyl groups is 1. The average Bonchev–Trinajstić information content (AvgIpc) is 2.93. The highest BCUT2D eigenvalue weighted by Gasteiger charge is 2.13. The number of benzene rings is 1. The first kappa shape index (κ1) is 17.5. The third-order valence-electron chi connectivity index (χ3n) is 3.00. The fraction of sp³-hybridized carbons (Fsp3) is 0.188. The molecular weight excluding hydrogens is 330 g/mol. The lowest BCUT2D eigenvalue weighted by molar-refractivity contribution is -0.118. The molecule has 3 N–H and O–H groups in total. The molecule has 0 radical (unpaired) electrons. The number of anilines is 1. The van der Waals surface area contributed by atoms with Gasteiger partial charge in [0.25, 0.3) is 0 Å². The number of carbonyl (C=O) groups excluding carboxylic acids is 2. The molecule has 7 nitrogen and oxygen atoms in total. The third-order valence-corrected chi connectivity index (χ3v) is 4.08. The molecule has 0 aliphatic heterocycles. The summed E-state index contributed by atoms with van der Waals surface area (Å²) >= 11 is 1.15. The highest BCUT2D eigenvalue weighted by molar-refractivity contribution is 7.17. The quantitative estimate of drug-likeness (QED) is 0.422. The molecule has 1 aromatic heterocycles. The van der Waals surface area contributed by atoms with Gasteiger partial charge in [-0.2, -0.15) is 0 Å². The number of allylic oxidation sites excluding steroid dienone is 1. The van der Waals surface area contributed by atoms with E-state index in [2.05, 4.69) is 15.8 Å². The number of hydrogen-bond donors (Lipinski definition) is 3. The molecule has 0 unspecified atom stereocenters. The summed E-state index contributed by atoms with van der Waals surface area (Å²) in [6.45, 7) is 3.09. The summed E-state index contributed by atoms with van der Waals surface area (Å²) in [4.78, 5) is 27.8. The zero-order valence-electron chi connectivity index (χ0n) is 13.4. The summed E-state index contributed by atoms with van der Waals surface area (Å²) < 4.78 is 5.03. The van der Waals surface area contributed by atoms with E-state index < -0.39 is 0 Å². The maximum atomic E-state index is 12.3. The standard InChI is InChI=1S/C16H17N3O4S/c1-9-15(24-16(17-9)19-18-10(2)20)13(22)7-5-11-4-6-12(21)14(8-11)23-3/h4-8,21H,1-3H3,(H,17,19)(H,18,20)/b7-5+. The van der Waals surface area contributed by atoms with Crippen molar-refractivity contribution in [1.29, 1.82) is 0 Å². The molecule has 1 heterocycles. The molecule has 0 atom stereocenters. The molecule has 0 fully saturated rings. The molecule has 0 spiro atoms. The smallest absolute Gasteiger partial charge is 0.235 e. The first-order valence-electron chi connectivity index (χ1n) is 7.00. The molecule has 0 saturated carbocycles. The maximum Gasteiger partial charge on any atom is 0.235 e. The molecule has 126 valence electrons. The average molecular weight is 347 g/mol. The van der Waals surface area contributed by atoms with Crippen LogP contribution in [0.5, 0.6) is 11.5 Å². The number of hydrazine groups is 1. The van der Waals surface area contributed by atoms with Gasteiger partial charge in [0.05, 0.1) is 17.7 Å². The van der Waals surface area contributed by atoms with Crippen LogP contribution in [-0.2, 0) is 4.79 Å². The van der Waals surface area contributed by atoms with E-state index in [9.17, 15) is 14.7 Å². The highest BCUT2D eigenvalue weighted by Crippen LogP contribution is 2.27. The molecule has 8 heteroatoms. The van der Waals surface area contributed by atoms with Crippen molar-refractivity contribution in [2.45, 2.75) is 13.8 Å². The summed E-state index contributed by atoms with van der Waals surface area (Å²) in [7, 11) is 1.46. The predicted molar refractivity (Wildman–Crippen MR) is 92.3 cm³/mol. The zero-order valence-corrected chi connectivity index (χ0v) is 14.2. The van der Waals surface area contributed by atoms with Gasteiger partial charge < -0.3 is 9.84 Å². The number of ketones is 1. The normalized spacial score (nSPS) is 10.6. The number of amides is 1. The second kappa shape index (κ2) is 7.60. The molecule has 1 aromatic carbocycles. The number of nitrogens with zero attached hydrogens (tertiary/aromatic N) is 1. The highest BCUT2D eigenvalue weighted by atomic mass is 32.1. The Morgan fingerprint density at radius 1 is 1.38 bits per heavy atom. The maximum absolute atomic E-state index is 12.3. The number of aryl methyl sites for hydroxylation is 1. The monoisotopic (exact) mass is 347 g/mol. The van der Waals surface area contributed by atoms with Crippen LogP contribution in [0.25, 0.3) is 6.08 Å². The van der Waals surface area contributed by atoms with E-state index in [1.165, 1.54) is 26.2 Å². The van der Waals surface area contributed by atoms with Crippen LogP contribution in [0.1, 0.15) is 27.9 Å². The van der Waals surface area contributed by atoms with Crippen LogP contribution < -0.4 is 15.6 Å². The number of hydrogen-bond acceptors (Lipinski definition) is 7. The van der Waals surface area contributed by atoms with Crippen molar-refractivity contribution in [2.24, 2.45) is 0 Å². The molecule has 2 aromatic rings. The van der Waals surface area contributed by atoms with Crippen molar-refractivity contribution < 1.29 is 19.4 Å². The number of phenols is 1. The van der Waals surface area contributed by atoms with E-state index in [0.717, 1.165) is 16.9 Å². The van der Waals surface area contributed by atoms with E-state index in [1.54, 1.807) is 25.1 Å². The second-order valence-electron chi connectivity index (χ2n) is 4.87. The lowest BCUT2D eigenvalue weighted by Gasteiger charge is -2.03. The van der Waals surface area contributed by atoms with Crippen LogP contribution in [0.2, 0.25) is 0 Å². The van der Waals surface area contributed by atoms with Gasteiger partial charge in [-0.25, -0.2) is 4.98 Å². The van der Waals surface area contributed by atoms with Gasteiger partial charge in [0.1, 0.15) is 0 Å². The number of methoxy groups -OCH3 is 1. The molecule has 0 bridgehead atoms. The van der Waals surface area contributed by atoms with Crippen LogP contribution in [0, 0.1) is 6.92 Å². The summed E-state index contributed by atoms with van der Waals surface area (Å²) in [5.41, 5.74) is 6.35. The first-order chi connectivity index (χ1) is 11.4. The van der Waals surface area contributed by atoms with Gasteiger partial charge >= 0.3 is 0 Å². The van der Waals surface area contributed by atoms with Gasteiger partial charge in [0.15, 0.2) is 17.3 Å². The van der Waals surface area contributed by atoms with Crippen molar-refractivity contribution in [3.8, 4) is 11.5 Å². The number of aromatic nitrogens is 1. The van der Waals surface area contributed by atoms with Gasteiger partial charge in [-0.05, 0) is 30.7 Å². The Balaban J connectivity index is 2.13. The summed E-state index contributed by atoms with van der Waals surface area (Å²) in [5, 5.41) is 10.00. The van der Waals surface area contributed by atoms with Crippen LogP contribution in [0.15, 0.2) is 24.3 Å². The van der Waals surface area contributed by atoms with Crippen molar-refractivity contribution in [3.63, 3.8) is 0 Å². The van der Waals surface area contributed by atoms with Gasteiger partial charge in [-0.1, -0.05) is 23.5 Å². The molecule has 0 aliphatic carbocycles. The van der Waals surface area contributed by atoms with E-state index in [0.29, 0.717) is 21.5 Å². The Morgan fingerprint density at radius 2 is 2.12 bits per heavy atom. The molecule has 24 heavy (non-hydrogen) atoms. The summed E-state index contributed by atoms with van der Waals surface area (Å²) in [6.07, 6.45) is 3.05. The Morgan fingerprint density at radius 3 is 2.79 bits per heavy atom. The fourth-order valence-electron chi connectivity index (χ4n) is 1.87. The van der Waals surface area contributed by atoms with Crippen molar-refractivity contribution in [1.82, 2.24) is 10.4 Å². The minimum Gasteiger partial charge on any atom is -0.504 e. The number of thiazole rings is 1. The Bertz CT molecular complexity index is 799. The van der Waals surface area contributed by atoms with Gasteiger partial charge in [0, 0.05) is 6.92 Å².